The SMILES string of the molecule is O=C(/C=C/c1cn(Cc2ccccc2)nn1)OCc1cccc(Cl)c1. The average Bonchev–Trinajstić information content (AvgIpc) is 3.06. The van der Waals surface area contributed by atoms with Crippen LogP contribution in [0.4, 0.5) is 0 Å². The predicted molar refractivity (Wildman–Crippen MR) is 95.8 cm³/mol. The average molecular weight is 354 g/mol. The molecule has 0 N–H and O–H groups in total. The van der Waals surface area contributed by atoms with Crippen molar-refractivity contribution in [2.24, 2.45) is 0 Å². The van der Waals surface area contributed by atoms with E-state index in [2.05, 4.69) is 10.3 Å². The minimum atomic E-state index is -0.447. The quantitative estimate of drug-likeness (QED) is 0.500. The second kappa shape index (κ2) is 8.26. The number of hydrogen-bond donors (Lipinski definition) is 0. The van der Waals surface area contributed by atoms with E-state index in [-0.39, 0.29) is 6.61 Å². The summed E-state index contributed by atoms with van der Waals surface area (Å²) in [5, 5.41) is 8.67. The normalized spacial score (nSPS) is 10.9. The van der Waals surface area contributed by atoms with Crippen LogP contribution in [0, 0.1) is 0 Å². The van der Waals surface area contributed by atoms with Gasteiger partial charge in [-0.2, -0.15) is 0 Å². The molecule has 2 aromatic carbocycles. The fraction of sp³-hybridized carbons (Fsp3) is 0.105. The van der Waals surface area contributed by atoms with E-state index in [0.717, 1.165) is 11.1 Å². The van der Waals surface area contributed by atoms with Crippen molar-refractivity contribution in [1.29, 1.82) is 0 Å². The molecule has 0 atom stereocenters. The van der Waals surface area contributed by atoms with Crippen LogP contribution < -0.4 is 0 Å². The molecule has 5 nitrogen and oxygen atoms in total. The Morgan fingerprint density at radius 1 is 1.12 bits per heavy atom. The molecule has 0 aliphatic rings. The van der Waals surface area contributed by atoms with Gasteiger partial charge in [0.2, 0.25) is 0 Å². The molecule has 0 amide bonds. The van der Waals surface area contributed by atoms with Crippen LogP contribution in [0.15, 0.2) is 66.9 Å². The third-order valence-electron chi connectivity index (χ3n) is 3.40. The largest absolute Gasteiger partial charge is 0.458 e. The van der Waals surface area contributed by atoms with Crippen LogP contribution in [0.3, 0.4) is 0 Å². The van der Waals surface area contributed by atoms with Gasteiger partial charge >= 0.3 is 5.97 Å². The molecular formula is C19H16ClN3O2. The maximum Gasteiger partial charge on any atom is 0.331 e. The summed E-state index contributed by atoms with van der Waals surface area (Å²) >= 11 is 5.89. The zero-order valence-corrected chi connectivity index (χ0v) is 14.1. The molecule has 0 spiro atoms. The topological polar surface area (TPSA) is 57.0 Å². The van der Waals surface area contributed by atoms with Gasteiger partial charge in [0.1, 0.15) is 12.3 Å². The van der Waals surface area contributed by atoms with Crippen LogP contribution in [0.2, 0.25) is 5.02 Å². The van der Waals surface area contributed by atoms with Gasteiger partial charge in [-0.3, -0.25) is 0 Å². The maximum atomic E-state index is 11.8. The van der Waals surface area contributed by atoms with E-state index in [4.69, 9.17) is 16.3 Å². The number of aromatic nitrogens is 3. The summed E-state index contributed by atoms with van der Waals surface area (Å²) in [6.45, 7) is 0.797. The lowest BCUT2D eigenvalue weighted by molar-refractivity contribution is -0.138. The van der Waals surface area contributed by atoms with Crippen LogP contribution in [0.5, 0.6) is 0 Å². The van der Waals surface area contributed by atoms with Gasteiger partial charge in [0.15, 0.2) is 0 Å². The number of esters is 1. The summed E-state index contributed by atoms with van der Waals surface area (Å²) in [5.74, 6) is -0.447. The van der Waals surface area contributed by atoms with Gasteiger partial charge in [0.25, 0.3) is 0 Å². The van der Waals surface area contributed by atoms with Crippen LogP contribution >= 0.6 is 11.6 Å². The van der Waals surface area contributed by atoms with Crippen LogP contribution in [0.1, 0.15) is 16.8 Å². The number of benzene rings is 2. The van der Waals surface area contributed by atoms with Gasteiger partial charge in [-0.15, -0.1) is 5.10 Å². The summed E-state index contributed by atoms with van der Waals surface area (Å²) in [4.78, 5) is 11.8. The summed E-state index contributed by atoms with van der Waals surface area (Å²) in [5.41, 5.74) is 2.56. The van der Waals surface area contributed by atoms with Crippen molar-refractivity contribution in [3.8, 4) is 0 Å². The lowest BCUT2D eigenvalue weighted by atomic mass is 10.2. The molecule has 0 radical (unpaired) electrons. The van der Waals surface area contributed by atoms with E-state index in [0.29, 0.717) is 17.3 Å². The first-order chi connectivity index (χ1) is 12.2. The minimum absolute atomic E-state index is 0.171. The first-order valence-corrected chi connectivity index (χ1v) is 8.10. The molecule has 3 aromatic rings. The smallest absolute Gasteiger partial charge is 0.331 e. The second-order valence-electron chi connectivity index (χ2n) is 5.40. The van der Waals surface area contributed by atoms with Crippen LogP contribution in [0.25, 0.3) is 6.08 Å². The Bertz CT molecular complexity index is 875. The Balaban J connectivity index is 1.52. The van der Waals surface area contributed by atoms with E-state index in [1.165, 1.54) is 6.08 Å². The Hall–Kier alpha value is -2.92. The number of nitrogens with zero attached hydrogens (tertiary/aromatic N) is 3. The van der Waals surface area contributed by atoms with Gasteiger partial charge < -0.3 is 4.74 Å². The lowest BCUT2D eigenvalue weighted by Crippen LogP contribution is -2.00. The lowest BCUT2D eigenvalue weighted by Gasteiger charge is -2.02. The molecule has 126 valence electrons. The van der Waals surface area contributed by atoms with Crippen molar-refractivity contribution >= 4 is 23.6 Å². The van der Waals surface area contributed by atoms with Gasteiger partial charge in [-0.1, -0.05) is 59.3 Å². The first kappa shape index (κ1) is 16.9. The number of ether oxygens (including phenoxy) is 1. The van der Waals surface area contributed by atoms with Crippen molar-refractivity contribution in [2.75, 3.05) is 0 Å². The van der Waals surface area contributed by atoms with E-state index < -0.39 is 5.97 Å². The molecule has 0 saturated carbocycles. The van der Waals surface area contributed by atoms with E-state index in [9.17, 15) is 4.79 Å². The van der Waals surface area contributed by atoms with Crippen molar-refractivity contribution in [1.82, 2.24) is 15.0 Å². The zero-order valence-electron chi connectivity index (χ0n) is 13.4. The Morgan fingerprint density at radius 2 is 1.92 bits per heavy atom. The molecule has 0 aliphatic carbocycles. The molecule has 0 aliphatic heterocycles. The molecule has 1 heterocycles. The van der Waals surface area contributed by atoms with Crippen molar-refractivity contribution in [3.63, 3.8) is 0 Å². The third-order valence-corrected chi connectivity index (χ3v) is 3.64. The first-order valence-electron chi connectivity index (χ1n) is 7.72. The number of rotatable bonds is 6. The summed E-state index contributed by atoms with van der Waals surface area (Å²) in [6.07, 6.45) is 4.68. The van der Waals surface area contributed by atoms with E-state index in [1.54, 1.807) is 29.1 Å². The standard InChI is InChI=1S/C19H16ClN3O2/c20-17-8-4-7-16(11-17)14-25-19(24)10-9-18-13-23(22-21-18)12-15-5-2-1-3-6-15/h1-11,13H,12,14H2/b10-9+. The highest BCUT2D eigenvalue weighted by atomic mass is 35.5. The fourth-order valence-electron chi connectivity index (χ4n) is 2.22. The van der Waals surface area contributed by atoms with Crippen molar-refractivity contribution in [2.45, 2.75) is 13.2 Å². The summed E-state index contributed by atoms with van der Waals surface area (Å²) in [6, 6.07) is 17.1. The predicted octanol–water partition coefficient (Wildman–Crippen LogP) is 3.74. The molecule has 0 bridgehead atoms. The minimum Gasteiger partial charge on any atom is -0.458 e. The number of carbonyl (C=O) groups excluding carboxylic acids is 1. The highest BCUT2D eigenvalue weighted by Crippen LogP contribution is 2.11. The second-order valence-corrected chi connectivity index (χ2v) is 5.83. The number of halogens is 1. The summed E-state index contributed by atoms with van der Waals surface area (Å²) in [7, 11) is 0. The Kier molecular flexibility index (Phi) is 5.59. The molecule has 6 heteroatoms. The van der Waals surface area contributed by atoms with Gasteiger partial charge in [-0.25, -0.2) is 9.48 Å². The fourth-order valence-corrected chi connectivity index (χ4v) is 2.43. The van der Waals surface area contributed by atoms with Gasteiger partial charge in [0, 0.05) is 11.1 Å². The monoisotopic (exact) mass is 353 g/mol. The molecule has 25 heavy (non-hydrogen) atoms. The van der Waals surface area contributed by atoms with Crippen LogP contribution in [-0.4, -0.2) is 21.0 Å². The zero-order chi connectivity index (χ0) is 17.5. The Labute approximate surface area is 150 Å². The summed E-state index contributed by atoms with van der Waals surface area (Å²) < 4.78 is 6.88. The third kappa shape index (κ3) is 5.29. The number of carbonyl (C=O) groups is 1. The van der Waals surface area contributed by atoms with E-state index >= 15 is 0 Å². The molecule has 0 fully saturated rings. The molecule has 0 saturated heterocycles. The van der Waals surface area contributed by atoms with E-state index in [1.807, 2.05) is 42.5 Å². The molecule has 3 rings (SSSR count). The highest BCUT2D eigenvalue weighted by Gasteiger charge is 2.02. The van der Waals surface area contributed by atoms with Crippen molar-refractivity contribution in [3.05, 3.63) is 88.7 Å². The molecule has 0 unspecified atom stereocenters. The highest BCUT2D eigenvalue weighted by molar-refractivity contribution is 6.30. The number of hydrogen-bond acceptors (Lipinski definition) is 4. The van der Waals surface area contributed by atoms with Crippen LogP contribution in [-0.2, 0) is 22.7 Å². The molecule has 1 aromatic heterocycles. The van der Waals surface area contributed by atoms with Gasteiger partial charge in [0.05, 0.1) is 12.7 Å². The van der Waals surface area contributed by atoms with Crippen molar-refractivity contribution < 1.29 is 9.53 Å². The van der Waals surface area contributed by atoms with Gasteiger partial charge in [-0.05, 0) is 29.3 Å². The maximum absolute atomic E-state index is 11.8. The Morgan fingerprint density at radius 3 is 2.72 bits per heavy atom. The molecular weight excluding hydrogens is 338 g/mol.